The summed E-state index contributed by atoms with van der Waals surface area (Å²) in [6, 6.07) is 20.8. The summed E-state index contributed by atoms with van der Waals surface area (Å²) in [6.07, 6.45) is -1.51. The molecule has 1 aliphatic rings. The summed E-state index contributed by atoms with van der Waals surface area (Å²) in [6.45, 7) is 0. The molecule has 0 saturated carbocycles. The van der Waals surface area contributed by atoms with E-state index in [1.807, 2.05) is 18.2 Å². The molecule has 1 unspecified atom stereocenters. The number of fused-ring (bicyclic) bond motifs is 1. The molecule has 1 heterocycles. The van der Waals surface area contributed by atoms with Gasteiger partial charge in [0.25, 0.3) is 11.8 Å². The Kier molecular flexibility index (Phi) is 6.94. The lowest BCUT2D eigenvalue weighted by Gasteiger charge is -2.27. The first-order valence-corrected chi connectivity index (χ1v) is 12.3. The van der Waals surface area contributed by atoms with Crippen molar-refractivity contribution in [2.24, 2.45) is 0 Å². The van der Waals surface area contributed by atoms with Crippen molar-refractivity contribution >= 4 is 27.8 Å². The molecule has 0 fully saturated rings. The Morgan fingerprint density at radius 2 is 1.40 bits per heavy atom. The van der Waals surface area contributed by atoms with Gasteiger partial charge < -0.3 is 9.84 Å². The molecule has 35 heavy (non-hydrogen) atoms. The molecule has 3 aromatic rings. The molecule has 9 nitrogen and oxygen atoms in total. The van der Waals surface area contributed by atoms with Crippen LogP contribution in [0.1, 0.15) is 40.0 Å². The van der Waals surface area contributed by atoms with Crippen LogP contribution >= 0.6 is 0 Å². The Hall–Kier alpha value is -4.02. The highest BCUT2D eigenvalue weighted by Gasteiger charge is 2.41. The highest BCUT2D eigenvalue weighted by molar-refractivity contribution is 7.89. The van der Waals surface area contributed by atoms with Crippen molar-refractivity contribution in [3.63, 3.8) is 0 Å². The molecule has 0 spiro atoms. The summed E-state index contributed by atoms with van der Waals surface area (Å²) in [4.78, 5) is 37.6. The van der Waals surface area contributed by atoms with Crippen molar-refractivity contribution in [3.8, 4) is 11.5 Å². The summed E-state index contributed by atoms with van der Waals surface area (Å²) in [5.41, 5.74) is 0.338. The van der Waals surface area contributed by atoms with Gasteiger partial charge in [0, 0.05) is 6.42 Å². The lowest BCUT2D eigenvalue weighted by molar-refractivity contribution is -0.137. The summed E-state index contributed by atoms with van der Waals surface area (Å²) in [5.74, 6) is -1.33. The van der Waals surface area contributed by atoms with Gasteiger partial charge in [0.15, 0.2) is 0 Å². The number of sulfonamides is 1. The Morgan fingerprint density at radius 3 is 1.97 bits per heavy atom. The zero-order valence-corrected chi connectivity index (χ0v) is 19.3. The Bertz CT molecular complexity index is 1320. The number of ether oxygens (including phenoxy) is 1. The van der Waals surface area contributed by atoms with Crippen molar-refractivity contribution in [2.75, 3.05) is 0 Å². The first kappa shape index (κ1) is 24.1. The predicted octanol–water partition coefficient (Wildman–Crippen LogP) is 3.63. The van der Waals surface area contributed by atoms with Gasteiger partial charge in [-0.25, -0.2) is 8.42 Å². The number of hydrogen-bond donors (Lipinski definition) is 2. The van der Waals surface area contributed by atoms with Gasteiger partial charge in [0.1, 0.15) is 17.7 Å². The molecule has 1 atom stereocenters. The normalized spacial score (nSPS) is 14.0. The predicted molar refractivity (Wildman–Crippen MR) is 125 cm³/mol. The minimum atomic E-state index is -4.17. The topological polar surface area (TPSA) is 130 Å². The van der Waals surface area contributed by atoms with E-state index in [4.69, 9.17) is 9.84 Å². The van der Waals surface area contributed by atoms with Crippen LogP contribution < -0.4 is 9.46 Å². The van der Waals surface area contributed by atoms with Gasteiger partial charge in [-0.05, 0) is 61.4 Å². The third-order valence-corrected chi connectivity index (χ3v) is 6.88. The standard InChI is InChI=1S/C25H22N2O7S/c28-23(29)12-6-11-22(27-24(30)20-9-4-5-10-21(20)25(27)31)26-35(32,33)19-15-13-18(14-16-19)34-17-7-2-1-3-8-17/h1-5,7-10,13-16,22,26H,6,11-12H2,(H,28,29). The molecule has 0 bridgehead atoms. The second-order valence-corrected chi connectivity index (χ2v) is 9.55. The van der Waals surface area contributed by atoms with Crippen molar-refractivity contribution < 1.29 is 32.6 Å². The molecular formula is C25H22N2O7S. The van der Waals surface area contributed by atoms with Crippen LogP contribution in [0.5, 0.6) is 11.5 Å². The number of carboxylic acid groups (broad SMARTS) is 1. The third-order valence-electron chi connectivity index (χ3n) is 5.41. The van der Waals surface area contributed by atoms with E-state index in [1.54, 1.807) is 24.3 Å². The van der Waals surface area contributed by atoms with E-state index >= 15 is 0 Å². The van der Waals surface area contributed by atoms with E-state index in [1.165, 1.54) is 36.4 Å². The highest BCUT2D eigenvalue weighted by atomic mass is 32.2. The van der Waals surface area contributed by atoms with Gasteiger partial charge in [-0.3, -0.25) is 19.3 Å². The average Bonchev–Trinajstić information content (AvgIpc) is 3.09. The minimum Gasteiger partial charge on any atom is -0.481 e. The molecule has 4 rings (SSSR count). The van der Waals surface area contributed by atoms with Gasteiger partial charge in [-0.2, -0.15) is 4.72 Å². The molecule has 2 amide bonds. The SMILES string of the molecule is O=C(O)CCCC(NS(=O)(=O)c1ccc(Oc2ccccc2)cc1)N1C(=O)c2ccccc2C1=O. The second-order valence-electron chi connectivity index (χ2n) is 7.84. The van der Waals surface area contributed by atoms with Gasteiger partial charge in [-0.1, -0.05) is 30.3 Å². The Labute approximate surface area is 202 Å². The van der Waals surface area contributed by atoms with Crippen molar-refractivity contribution in [2.45, 2.75) is 30.3 Å². The first-order valence-electron chi connectivity index (χ1n) is 10.8. The number of hydrogen-bond acceptors (Lipinski definition) is 6. The highest BCUT2D eigenvalue weighted by Crippen LogP contribution is 2.27. The van der Waals surface area contributed by atoms with Crippen molar-refractivity contribution in [1.82, 2.24) is 9.62 Å². The molecule has 0 aliphatic carbocycles. The lowest BCUT2D eigenvalue weighted by Crippen LogP contribution is -2.50. The number of amides is 2. The maximum Gasteiger partial charge on any atom is 0.303 e. The van der Waals surface area contributed by atoms with Crippen molar-refractivity contribution in [3.05, 3.63) is 90.0 Å². The van der Waals surface area contributed by atoms with Gasteiger partial charge in [0.2, 0.25) is 10.0 Å². The van der Waals surface area contributed by atoms with Crippen LogP contribution in [0.25, 0.3) is 0 Å². The number of nitrogens with one attached hydrogen (secondary N) is 1. The van der Waals surface area contributed by atoms with E-state index in [0.717, 1.165) is 4.90 Å². The summed E-state index contributed by atoms with van der Waals surface area (Å²) < 4.78 is 34.4. The molecule has 3 aromatic carbocycles. The van der Waals surface area contributed by atoms with E-state index in [0.29, 0.717) is 11.5 Å². The number of para-hydroxylation sites is 1. The lowest BCUT2D eigenvalue weighted by atomic mass is 10.1. The van der Waals surface area contributed by atoms with E-state index in [-0.39, 0.29) is 35.3 Å². The second kappa shape index (κ2) is 10.1. The molecule has 2 N–H and O–H groups in total. The van der Waals surface area contributed by atoms with Crippen LogP contribution in [0, 0.1) is 0 Å². The average molecular weight is 495 g/mol. The van der Waals surface area contributed by atoms with Crippen LogP contribution in [0.15, 0.2) is 83.8 Å². The summed E-state index contributed by atoms with van der Waals surface area (Å²) in [7, 11) is -4.17. The maximum atomic E-state index is 13.1. The first-order chi connectivity index (χ1) is 16.8. The molecule has 10 heteroatoms. The number of carbonyl (C=O) groups is 3. The Morgan fingerprint density at radius 1 is 0.857 bits per heavy atom. The summed E-state index contributed by atoms with van der Waals surface area (Å²) in [5, 5.41) is 8.98. The van der Waals surface area contributed by atoms with Crippen LogP contribution in [-0.2, 0) is 14.8 Å². The monoisotopic (exact) mass is 494 g/mol. The van der Waals surface area contributed by atoms with Crippen molar-refractivity contribution in [1.29, 1.82) is 0 Å². The van der Waals surface area contributed by atoms with Crippen LogP contribution in [0.2, 0.25) is 0 Å². The smallest absolute Gasteiger partial charge is 0.303 e. The quantitative estimate of drug-likeness (QED) is 0.412. The number of benzene rings is 3. The number of rotatable bonds is 10. The largest absolute Gasteiger partial charge is 0.481 e. The molecule has 0 saturated heterocycles. The molecular weight excluding hydrogens is 472 g/mol. The van der Waals surface area contributed by atoms with E-state index in [2.05, 4.69) is 4.72 Å². The summed E-state index contributed by atoms with van der Waals surface area (Å²) >= 11 is 0. The number of nitrogens with zero attached hydrogens (tertiary/aromatic N) is 1. The molecule has 0 aromatic heterocycles. The number of aliphatic carboxylic acids is 1. The zero-order chi connectivity index (χ0) is 25.0. The third kappa shape index (κ3) is 5.39. The van der Waals surface area contributed by atoms with Gasteiger partial charge in [0.05, 0.1) is 16.0 Å². The number of carboxylic acids is 1. The van der Waals surface area contributed by atoms with E-state index in [9.17, 15) is 22.8 Å². The van der Waals surface area contributed by atoms with Gasteiger partial charge >= 0.3 is 5.97 Å². The van der Waals surface area contributed by atoms with Gasteiger partial charge in [-0.15, -0.1) is 0 Å². The number of carbonyl (C=O) groups excluding carboxylic acids is 2. The molecule has 180 valence electrons. The maximum absolute atomic E-state index is 13.1. The zero-order valence-electron chi connectivity index (χ0n) is 18.5. The minimum absolute atomic E-state index is 0.0553. The molecule has 0 radical (unpaired) electrons. The van der Waals surface area contributed by atoms with Crippen LogP contribution in [-0.4, -0.2) is 42.4 Å². The molecule has 1 aliphatic heterocycles. The number of imide groups is 1. The van der Waals surface area contributed by atoms with Crippen LogP contribution in [0.4, 0.5) is 0 Å². The fourth-order valence-corrected chi connectivity index (χ4v) is 4.95. The van der Waals surface area contributed by atoms with Crippen LogP contribution in [0.3, 0.4) is 0 Å². The van der Waals surface area contributed by atoms with E-state index < -0.39 is 34.0 Å². The fraction of sp³-hybridized carbons (Fsp3) is 0.160. The Balaban J connectivity index is 1.56. The fourth-order valence-electron chi connectivity index (χ4n) is 3.74.